The molecule has 0 radical (unpaired) electrons. The Kier molecular flexibility index (Phi) is 4.24. The van der Waals surface area contributed by atoms with Crippen LogP contribution in [0.2, 0.25) is 0 Å². The number of nitrogens with two attached hydrogens (primary N) is 1. The van der Waals surface area contributed by atoms with Crippen LogP contribution in [-0.2, 0) is 5.54 Å². The van der Waals surface area contributed by atoms with Crippen molar-refractivity contribution in [2.75, 3.05) is 6.54 Å². The van der Waals surface area contributed by atoms with Gasteiger partial charge in [0.15, 0.2) is 0 Å². The van der Waals surface area contributed by atoms with Gasteiger partial charge in [-0.05, 0) is 32.3 Å². The minimum atomic E-state index is -0.916. The van der Waals surface area contributed by atoms with Gasteiger partial charge in [-0.3, -0.25) is 4.90 Å². The zero-order chi connectivity index (χ0) is 13.9. The molecule has 3 heteroatoms. The first kappa shape index (κ1) is 14.0. The number of rotatable bonds is 3. The molecule has 0 saturated carbocycles. The van der Waals surface area contributed by atoms with Crippen LogP contribution in [0.25, 0.3) is 0 Å². The lowest BCUT2D eigenvalue weighted by Gasteiger charge is -2.42. The summed E-state index contributed by atoms with van der Waals surface area (Å²) < 4.78 is 0. The van der Waals surface area contributed by atoms with Crippen molar-refractivity contribution in [3.8, 4) is 6.07 Å². The topological polar surface area (TPSA) is 53.0 Å². The third-order valence-electron chi connectivity index (χ3n) is 4.30. The van der Waals surface area contributed by atoms with E-state index in [1.807, 2.05) is 30.3 Å². The predicted molar refractivity (Wildman–Crippen MR) is 77.4 cm³/mol. The summed E-state index contributed by atoms with van der Waals surface area (Å²) in [6.45, 7) is 5.08. The molecule has 1 unspecified atom stereocenters. The molecule has 0 bridgehead atoms. The Morgan fingerprint density at radius 2 is 1.84 bits per heavy atom. The van der Waals surface area contributed by atoms with Crippen molar-refractivity contribution in [2.45, 2.75) is 50.7 Å². The maximum absolute atomic E-state index is 9.54. The number of hydrogen-bond acceptors (Lipinski definition) is 3. The third kappa shape index (κ3) is 2.97. The third-order valence-corrected chi connectivity index (χ3v) is 4.30. The van der Waals surface area contributed by atoms with Gasteiger partial charge in [0, 0.05) is 18.6 Å². The fraction of sp³-hybridized carbons (Fsp3) is 0.562. The lowest BCUT2D eigenvalue weighted by molar-refractivity contribution is 0.0854. The number of hydrogen-bond donors (Lipinski definition) is 1. The van der Waals surface area contributed by atoms with E-state index in [1.165, 1.54) is 19.3 Å². The lowest BCUT2D eigenvalue weighted by atomic mass is 9.88. The molecule has 2 rings (SSSR count). The maximum Gasteiger partial charge on any atom is 0.142 e. The van der Waals surface area contributed by atoms with Gasteiger partial charge in [-0.1, -0.05) is 36.8 Å². The molecule has 0 aliphatic carbocycles. The molecule has 1 aliphatic rings. The minimum Gasteiger partial charge on any atom is -0.309 e. The van der Waals surface area contributed by atoms with Crippen LogP contribution in [0.3, 0.4) is 0 Å². The fourth-order valence-corrected chi connectivity index (χ4v) is 3.00. The SMILES string of the molecule is C[C@@H]1CCC[C@H](C)N1CC(N)(C#N)c1ccccc1. The van der Waals surface area contributed by atoms with Crippen LogP contribution in [0.5, 0.6) is 0 Å². The molecule has 1 aliphatic heterocycles. The summed E-state index contributed by atoms with van der Waals surface area (Å²) in [5.74, 6) is 0. The standard InChI is InChI=1S/C16H23N3/c1-13-7-6-8-14(2)19(13)12-16(18,11-17)15-9-4-3-5-10-15/h3-5,9-10,13-14H,6-8,12,18H2,1-2H3/t13-,14+,16?. The molecule has 2 N–H and O–H groups in total. The number of nitriles is 1. The van der Waals surface area contributed by atoms with Gasteiger partial charge in [0.05, 0.1) is 6.07 Å². The van der Waals surface area contributed by atoms with Gasteiger partial charge in [-0.15, -0.1) is 0 Å². The van der Waals surface area contributed by atoms with E-state index in [0.717, 1.165) is 5.56 Å². The van der Waals surface area contributed by atoms with E-state index in [9.17, 15) is 5.26 Å². The number of likely N-dealkylation sites (tertiary alicyclic amines) is 1. The summed E-state index contributed by atoms with van der Waals surface area (Å²) in [4.78, 5) is 2.39. The highest BCUT2D eigenvalue weighted by atomic mass is 15.2. The first-order valence-corrected chi connectivity index (χ1v) is 7.08. The summed E-state index contributed by atoms with van der Waals surface area (Å²) in [5.41, 5.74) is 6.36. The van der Waals surface area contributed by atoms with Crippen molar-refractivity contribution in [1.29, 1.82) is 5.26 Å². The van der Waals surface area contributed by atoms with Crippen molar-refractivity contribution in [3.05, 3.63) is 35.9 Å². The normalized spacial score (nSPS) is 27.5. The maximum atomic E-state index is 9.54. The summed E-state index contributed by atoms with van der Waals surface area (Å²) in [6, 6.07) is 13.1. The van der Waals surface area contributed by atoms with Crippen LogP contribution in [0.4, 0.5) is 0 Å². The molecular weight excluding hydrogens is 234 g/mol. The first-order valence-electron chi connectivity index (χ1n) is 7.08. The van der Waals surface area contributed by atoms with Crippen LogP contribution in [0.1, 0.15) is 38.7 Å². The zero-order valence-corrected chi connectivity index (χ0v) is 11.8. The van der Waals surface area contributed by atoms with Gasteiger partial charge in [0.2, 0.25) is 0 Å². The summed E-state index contributed by atoms with van der Waals surface area (Å²) >= 11 is 0. The molecule has 1 saturated heterocycles. The fourth-order valence-electron chi connectivity index (χ4n) is 3.00. The highest BCUT2D eigenvalue weighted by Gasteiger charge is 2.34. The van der Waals surface area contributed by atoms with Crippen LogP contribution >= 0.6 is 0 Å². The molecule has 1 aromatic rings. The van der Waals surface area contributed by atoms with E-state index in [-0.39, 0.29) is 0 Å². The molecule has 0 amide bonds. The highest BCUT2D eigenvalue weighted by molar-refractivity contribution is 5.31. The molecule has 1 aromatic carbocycles. The summed E-state index contributed by atoms with van der Waals surface area (Å²) in [6.07, 6.45) is 3.66. The van der Waals surface area contributed by atoms with Crippen molar-refractivity contribution >= 4 is 0 Å². The Bertz CT molecular complexity index is 441. The molecule has 0 aromatic heterocycles. The van der Waals surface area contributed by atoms with Crippen molar-refractivity contribution in [3.63, 3.8) is 0 Å². The quantitative estimate of drug-likeness (QED) is 0.905. The molecule has 3 atom stereocenters. The van der Waals surface area contributed by atoms with E-state index >= 15 is 0 Å². The van der Waals surface area contributed by atoms with Gasteiger partial charge in [-0.25, -0.2) is 0 Å². The number of benzene rings is 1. The van der Waals surface area contributed by atoms with Gasteiger partial charge >= 0.3 is 0 Å². The van der Waals surface area contributed by atoms with E-state index in [4.69, 9.17) is 5.73 Å². The zero-order valence-electron chi connectivity index (χ0n) is 11.8. The largest absolute Gasteiger partial charge is 0.309 e. The van der Waals surface area contributed by atoms with Crippen molar-refractivity contribution in [1.82, 2.24) is 4.90 Å². The number of nitrogens with zero attached hydrogens (tertiary/aromatic N) is 2. The highest BCUT2D eigenvalue weighted by Crippen LogP contribution is 2.27. The van der Waals surface area contributed by atoms with Gasteiger partial charge in [-0.2, -0.15) is 5.26 Å². The minimum absolute atomic E-state index is 0.503. The average molecular weight is 257 g/mol. The Balaban J connectivity index is 2.21. The molecule has 19 heavy (non-hydrogen) atoms. The van der Waals surface area contributed by atoms with E-state index in [2.05, 4.69) is 24.8 Å². The van der Waals surface area contributed by atoms with Crippen LogP contribution in [-0.4, -0.2) is 23.5 Å². The summed E-state index contributed by atoms with van der Waals surface area (Å²) in [5, 5.41) is 9.54. The Morgan fingerprint density at radius 3 is 2.37 bits per heavy atom. The number of piperidine rings is 1. The van der Waals surface area contributed by atoms with Gasteiger partial charge < -0.3 is 5.73 Å². The second kappa shape index (κ2) is 5.73. The first-order chi connectivity index (χ1) is 9.07. The average Bonchev–Trinajstić information content (AvgIpc) is 2.44. The second-order valence-corrected chi connectivity index (χ2v) is 5.75. The molecule has 0 spiro atoms. The molecule has 1 heterocycles. The smallest absolute Gasteiger partial charge is 0.142 e. The van der Waals surface area contributed by atoms with Crippen LogP contribution in [0, 0.1) is 11.3 Å². The Morgan fingerprint density at radius 1 is 1.26 bits per heavy atom. The lowest BCUT2D eigenvalue weighted by Crippen LogP contribution is -2.53. The molecule has 1 fully saturated rings. The second-order valence-electron chi connectivity index (χ2n) is 5.75. The van der Waals surface area contributed by atoms with Gasteiger partial charge in [0.25, 0.3) is 0 Å². The Labute approximate surface area is 116 Å². The van der Waals surface area contributed by atoms with Gasteiger partial charge in [0.1, 0.15) is 5.54 Å². The predicted octanol–water partition coefficient (Wildman–Crippen LogP) is 2.63. The van der Waals surface area contributed by atoms with Crippen LogP contribution in [0.15, 0.2) is 30.3 Å². The molecule has 3 nitrogen and oxygen atoms in total. The van der Waals surface area contributed by atoms with E-state index < -0.39 is 5.54 Å². The van der Waals surface area contributed by atoms with E-state index in [0.29, 0.717) is 18.6 Å². The van der Waals surface area contributed by atoms with Crippen molar-refractivity contribution in [2.24, 2.45) is 5.73 Å². The van der Waals surface area contributed by atoms with Crippen LogP contribution < -0.4 is 5.73 Å². The van der Waals surface area contributed by atoms with E-state index in [1.54, 1.807) is 0 Å². The molecule has 102 valence electrons. The Hall–Kier alpha value is -1.37. The summed E-state index contributed by atoms with van der Waals surface area (Å²) in [7, 11) is 0. The molecular formula is C16H23N3. The van der Waals surface area contributed by atoms with Crippen molar-refractivity contribution < 1.29 is 0 Å². The monoisotopic (exact) mass is 257 g/mol.